The molecule has 0 aromatic heterocycles. The number of hydrogen-bond acceptors (Lipinski definition) is 2. The third kappa shape index (κ3) is 2.05. The topological polar surface area (TPSA) is 63.3 Å². The van der Waals surface area contributed by atoms with Crippen molar-refractivity contribution in [3.05, 3.63) is 34.1 Å². The molecular weight excluding hydrogens is 235 g/mol. The number of rotatable bonds is 2. The normalized spacial score (nSPS) is 12.6. The third-order valence-electron chi connectivity index (χ3n) is 1.72. The fraction of sp³-hybridized carbons (Fsp3) is 0.125. The van der Waals surface area contributed by atoms with Gasteiger partial charge in [0.1, 0.15) is 11.9 Å². The average molecular weight is 240 g/mol. The van der Waals surface area contributed by atoms with E-state index in [9.17, 15) is 18.0 Å². The minimum atomic E-state index is -2.00. The van der Waals surface area contributed by atoms with Gasteiger partial charge in [-0.15, -0.1) is 0 Å². The first kappa shape index (κ1) is 11.8. The monoisotopic (exact) mass is 239 g/mol. The number of nitrogens with two attached hydrogens (primary N) is 1. The van der Waals surface area contributed by atoms with Crippen LogP contribution < -0.4 is 5.73 Å². The molecule has 0 amide bonds. The molecule has 0 aliphatic rings. The summed E-state index contributed by atoms with van der Waals surface area (Å²) in [7, 11) is 0. The standard InChI is InChI=1S/C8H5ClF3NO2/c9-2-1-3(10)6(12)4(5(2)11)7(13)8(14)15/h1,7H,13H2,(H,14,15). The summed E-state index contributed by atoms with van der Waals surface area (Å²) in [5.74, 6) is -6.15. The Balaban J connectivity index is 3.45. The number of benzene rings is 1. The molecule has 0 spiro atoms. The molecule has 0 fully saturated rings. The highest BCUT2D eigenvalue weighted by Crippen LogP contribution is 2.27. The molecule has 15 heavy (non-hydrogen) atoms. The second kappa shape index (κ2) is 4.08. The van der Waals surface area contributed by atoms with Crippen molar-refractivity contribution in [1.29, 1.82) is 0 Å². The number of carbonyl (C=O) groups is 1. The minimum Gasteiger partial charge on any atom is -0.480 e. The quantitative estimate of drug-likeness (QED) is 0.774. The number of aliphatic carboxylic acids is 1. The van der Waals surface area contributed by atoms with E-state index in [0.717, 1.165) is 0 Å². The SMILES string of the molecule is NC(C(=O)O)c1c(F)c(F)cc(Cl)c1F. The highest BCUT2D eigenvalue weighted by Gasteiger charge is 2.27. The van der Waals surface area contributed by atoms with Gasteiger partial charge in [-0.25, -0.2) is 13.2 Å². The zero-order chi connectivity index (χ0) is 11.7. The summed E-state index contributed by atoms with van der Waals surface area (Å²) in [6.45, 7) is 0. The highest BCUT2D eigenvalue weighted by atomic mass is 35.5. The molecule has 1 rings (SSSR count). The van der Waals surface area contributed by atoms with Crippen LogP contribution in [0.1, 0.15) is 11.6 Å². The van der Waals surface area contributed by atoms with Crippen LogP contribution >= 0.6 is 11.6 Å². The van der Waals surface area contributed by atoms with Gasteiger partial charge in [0.15, 0.2) is 11.6 Å². The van der Waals surface area contributed by atoms with Crippen molar-refractivity contribution in [2.45, 2.75) is 6.04 Å². The van der Waals surface area contributed by atoms with E-state index in [-0.39, 0.29) is 0 Å². The van der Waals surface area contributed by atoms with Crippen LogP contribution in [-0.2, 0) is 4.79 Å². The molecule has 1 unspecified atom stereocenters. The molecular formula is C8H5ClF3NO2. The molecule has 0 aliphatic heterocycles. The summed E-state index contributed by atoms with van der Waals surface area (Å²) in [5.41, 5.74) is 3.88. The lowest BCUT2D eigenvalue weighted by molar-refractivity contribution is -0.138. The summed E-state index contributed by atoms with van der Waals surface area (Å²) in [5, 5.41) is 7.72. The summed E-state index contributed by atoms with van der Waals surface area (Å²) < 4.78 is 39.0. The maximum atomic E-state index is 13.2. The fourth-order valence-electron chi connectivity index (χ4n) is 0.988. The van der Waals surface area contributed by atoms with Crippen LogP contribution in [0.3, 0.4) is 0 Å². The molecule has 1 aromatic carbocycles. The summed E-state index contributed by atoms with van der Waals surface area (Å²) in [6, 6.07) is -1.59. The van der Waals surface area contributed by atoms with E-state index < -0.39 is 40.0 Å². The zero-order valence-corrected chi connectivity index (χ0v) is 7.86. The third-order valence-corrected chi connectivity index (χ3v) is 2.00. The molecule has 0 bridgehead atoms. The van der Waals surface area contributed by atoms with Crippen molar-refractivity contribution >= 4 is 17.6 Å². The smallest absolute Gasteiger partial charge is 0.325 e. The maximum Gasteiger partial charge on any atom is 0.325 e. The highest BCUT2D eigenvalue weighted by molar-refractivity contribution is 6.30. The van der Waals surface area contributed by atoms with E-state index in [4.69, 9.17) is 22.4 Å². The summed E-state index contributed by atoms with van der Waals surface area (Å²) in [4.78, 5) is 10.4. The fourth-order valence-corrected chi connectivity index (χ4v) is 1.19. The van der Waals surface area contributed by atoms with Gasteiger partial charge < -0.3 is 10.8 Å². The van der Waals surface area contributed by atoms with Gasteiger partial charge in [-0.3, -0.25) is 4.79 Å². The lowest BCUT2D eigenvalue weighted by Gasteiger charge is -2.10. The van der Waals surface area contributed by atoms with E-state index in [1.54, 1.807) is 0 Å². The van der Waals surface area contributed by atoms with Crippen LogP contribution in [0.25, 0.3) is 0 Å². The second-order valence-corrected chi connectivity index (χ2v) is 3.10. The van der Waals surface area contributed by atoms with Gasteiger partial charge in [0, 0.05) is 0 Å². The van der Waals surface area contributed by atoms with Crippen molar-refractivity contribution in [3.8, 4) is 0 Å². The van der Waals surface area contributed by atoms with Gasteiger partial charge in [-0.05, 0) is 6.07 Å². The lowest BCUT2D eigenvalue weighted by Crippen LogP contribution is -2.24. The first-order valence-corrected chi connectivity index (χ1v) is 4.05. The molecule has 1 aromatic rings. The van der Waals surface area contributed by atoms with E-state index >= 15 is 0 Å². The first-order chi connectivity index (χ1) is 6.86. The van der Waals surface area contributed by atoms with Gasteiger partial charge in [0.2, 0.25) is 0 Å². The molecule has 0 saturated carbocycles. The molecule has 7 heteroatoms. The predicted molar refractivity (Wildman–Crippen MR) is 45.9 cm³/mol. The van der Waals surface area contributed by atoms with Gasteiger partial charge in [0.25, 0.3) is 0 Å². The Morgan fingerprint density at radius 2 is 1.93 bits per heavy atom. The minimum absolute atomic E-state index is 0.407. The van der Waals surface area contributed by atoms with Crippen LogP contribution in [-0.4, -0.2) is 11.1 Å². The molecule has 0 radical (unpaired) electrons. The van der Waals surface area contributed by atoms with Crippen LogP contribution in [0.5, 0.6) is 0 Å². The summed E-state index contributed by atoms with van der Waals surface area (Å²) >= 11 is 5.21. The number of carboxylic acids is 1. The van der Waals surface area contributed by atoms with Crippen molar-refractivity contribution in [3.63, 3.8) is 0 Å². The average Bonchev–Trinajstić information content (AvgIpc) is 2.15. The molecule has 0 saturated heterocycles. The van der Waals surface area contributed by atoms with Gasteiger partial charge in [0.05, 0.1) is 10.6 Å². The molecule has 3 nitrogen and oxygen atoms in total. The number of carboxylic acid groups (broad SMARTS) is 1. The Morgan fingerprint density at radius 1 is 1.40 bits per heavy atom. The van der Waals surface area contributed by atoms with E-state index in [1.165, 1.54) is 0 Å². The second-order valence-electron chi connectivity index (χ2n) is 2.70. The van der Waals surface area contributed by atoms with Gasteiger partial charge in [-0.1, -0.05) is 11.6 Å². The molecule has 82 valence electrons. The van der Waals surface area contributed by atoms with Crippen LogP contribution in [0, 0.1) is 17.5 Å². The zero-order valence-electron chi connectivity index (χ0n) is 7.10. The molecule has 3 N–H and O–H groups in total. The first-order valence-electron chi connectivity index (χ1n) is 3.67. The van der Waals surface area contributed by atoms with Crippen molar-refractivity contribution < 1.29 is 23.1 Å². The summed E-state index contributed by atoms with van der Waals surface area (Å²) in [6.07, 6.45) is 0. The largest absolute Gasteiger partial charge is 0.480 e. The Kier molecular flexibility index (Phi) is 3.21. The Morgan fingerprint density at radius 3 is 2.40 bits per heavy atom. The van der Waals surface area contributed by atoms with Crippen LogP contribution in [0.4, 0.5) is 13.2 Å². The van der Waals surface area contributed by atoms with Crippen molar-refractivity contribution in [2.24, 2.45) is 5.73 Å². The molecule has 0 aliphatic carbocycles. The molecule has 0 heterocycles. The van der Waals surface area contributed by atoms with Crippen molar-refractivity contribution in [1.82, 2.24) is 0 Å². The van der Waals surface area contributed by atoms with E-state index in [2.05, 4.69) is 0 Å². The van der Waals surface area contributed by atoms with Gasteiger partial charge >= 0.3 is 5.97 Å². The van der Waals surface area contributed by atoms with Crippen molar-refractivity contribution in [2.75, 3.05) is 0 Å². The predicted octanol–water partition coefficient (Wildman–Crippen LogP) is 1.84. The van der Waals surface area contributed by atoms with E-state index in [1.807, 2.05) is 0 Å². The molecule has 1 atom stereocenters. The van der Waals surface area contributed by atoms with Crippen LogP contribution in [0.2, 0.25) is 5.02 Å². The lowest BCUT2D eigenvalue weighted by atomic mass is 10.1. The Hall–Kier alpha value is -1.27. The van der Waals surface area contributed by atoms with E-state index in [0.29, 0.717) is 6.07 Å². The Bertz CT molecular complexity index is 399. The number of halogens is 4. The van der Waals surface area contributed by atoms with Gasteiger partial charge in [-0.2, -0.15) is 0 Å². The van der Waals surface area contributed by atoms with Crippen LogP contribution in [0.15, 0.2) is 6.07 Å². The number of hydrogen-bond donors (Lipinski definition) is 2. The maximum absolute atomic E-state index is 13.2. The Labute approximate surface area is 87.3 Å².